The maximum atomic E-state index is 12.6. The van der Waals surface area contributed by atoms with Crippen LogP contribution in [0.4, 0.5) is 9.59 Å². The lowest BCUT2D eigenvalue weighted by Crippen LogP contribution is -2.60. The number of nitrogens with zero attached hydrogens (tertiary/aromatic N) is 1. The van der Waals surface area contributed by atoms with E-state index in [2.05, 4.69) is 5.32 Å². The van der Waals surface area contributed by atoms with E-state index in [1.807, 2.05) is 81.4 Å². The van der Waals surface area contributed by atoms with Gasteiger partial charge in [0.1, 0.15) is 6.61 Å². The number of hydrogen-bond acceptors (Lipinski definition) is 3. The standard InChI is InChI=1S/C24H30N2O4/c1-24(2,3)21-20(18-12-8-5-9-13-18)19(14-15-26(21)23(28)29)25-22(27)30-16-17-10-6-4-7-11-17/h4-13,19-21H,14-16H2,1-3H3,(H,25,27)(H,28,29). The third-order valence-electron chi connectivity index (χ3n) is 5.62. The smallest absolute Gasteiger partial charge is 0.407 e. The molecular formula is C24H30N2O4. The molecule has 3 rings (SSSR count). The molecule has 1 aliphatic rings. The molecule has 160 valence electrons. The maximum absolute atomic E-state index is 12.6. The second-order valence-corrected chi connectivity index (χ2v) is 8.82. The van der Waals surface area contributed by atoms with Crippen molar-refractivity contribution in [2.75, 3.05) is 6.54 Å². The van der Waals surface area contributed by atoms with Crippen LogP contribution in [0.2, 0.25) is 0 Å². The minimum atomic E-state index is -0.930. The highest BCUT2D eigenvalue weighted by Crippen LogP contribution is 2.42. The van der Waals surface area contributed by atoms with E-state index in [1.165, 1.54) is 4.90 Å². The van der Waals surface area contributed by atoms with Crippen molar-refractivity contribution >= 4 is 12.2 Å². The lowest BCUT2D eigenvalue weighted by atomic mass is 9.69. The van der Waals surface area contributed by atoms with Crippen LogP contribution in [-0.2, 0) is 11.3 Å². The monoisotopic (exact) mass is 410 g/mol. The van der Waals surface area contributed by atoms with E-state index in [0.29, 0.717) is 13.0 Å². The average Bonchev–Trinajstić information content (AvgIpc) is 2.72. The van der Waals surface area contributed by atoms with Crippen molar-refractivity contribution in [1.82, 2.24) is 10.2 Å². The molecule has 2 N–H and O–H groups in total. The summed E-state index contributed by atoms with van der Waals surface area (Å²) in [6, 6.07) is 18.8. The second-order valence-electron chi connectivity index (χ2n) is 8.82. The van der Waals surface area contributed by atoms with Crippen LogP contribution in [0.5, 0.6) is 0 Å². The van der Waals surface area contributed by atoms with Gasteiger partial charge in [0.25, 0.3) is 0 Å². The Morgan fingerprint density at radius 2 is 1.67 bits per heavy atom. The quantitative estimate of drug-likeness (QED) is 0.754. The summed E-state index contributed by atoms with van der Waals surface area (Å²) in [4.78, 5) is 26.1. The van der Waals surface area contributed by atoms with Crippen molar-refractivity contribution in [3.63, 3.8) is 0 Å². The molecule has 0 aliphatic carbocycles. The summed E-state index contributed by atoms with van der Waals surface area (Å²) in [7, 11) is 0. The number of rotatable bonds is 4. The summed E-state index contributed by atoms with van der Waals surface area (Å²) in [5.41, 5.74) is 1.62. The Morgan fingerprint density at radius 3 is 2.23 bits per heavy atom. The number of ether oxygens (including phenoxy) is 1. The fraction of sp³-hybridized carbons (Fsp3) is 0.417. The Bertz CT molecular complexity index is 849. The zero-order valence-electron chi connectivity index (χ0n) is 17.7. The minimum Gasteiger partial charge on any atom is -0.465 e. The summed E-state index contributed by atoms with van der Waals surface area (Å²) < 4.78 is 5.43. The third-order valence-corrected chi connectivity index (χ3v) is 5.62. The highest BCUT2D eigenvalue weighted by molar-refractivity contribution is 5.69. The molecule has 1 saturated heterocycles. The van der Waals surface area contributed by atoms with Crippen molar-refractivity contribution in [3.05, 3.63) is 71.8 Å². The number of benzene rings is 2. The molecule has 30 heavy (non-hydrogen) atoms. The van der Waals surface area contributed by atoms with Crippen molar-refractivity contribution in [2.45, 2.75) is 51.8 Å². The number of piperidine rings is 1. The minimum absolute atomic E-state index is 0.180. The van der Waals surface area contributed by atoms with Gasteiger partial charge in [-0.1, -0.05) is 81.4 Å². The largest absolute Gasteiger partial charge is 0.465 e. The van der Waals surface area contributed by atoms with Crippen LogP contribution < -0.4 is 5.32 Å². The number of carbonyl (C=O) groups excluding carboxylic acids is 1. The van der Waals surface area contributed by atoms with Gasteiger partial charge >= 0.3 is 12.2 Å². The molecular weight excluding hydrogens is 380 g/mol. The lowest BCUT2D eigenvalue weighted by molar-refractivity contribution is 0.0312. The van der Waals surface area contributed by atoms with Gasteiger partial charge in [-0.15, -0.1) is 0 Å². The fourth-order valence-corrected chi connectivity index (χ4v) is 4.40. The van der Waals surface area contributed by atoms with Gasteiger partial charge in [0, 0.05) is 24.5 Å². The molecule has 0 bridgehead atoms. The van der Waals surface area contributed by atoms with Gasteiger partial charge in [0.05, 0.1) is 0 Å². The molecule has 1 heterocycles. The summed E-state index contributed by atoms with van der Waals surface area (Å²) in [6.07, 6.45) is -0.888. The van der Waals surface area contributed by atoms with Crippen LogP contribution in [0.15, 0.2) is 60.7 Å². The number of alkyl carbamates (subject to hydrolysis) is 1. The molecule has 1 fully saturated rings. The number of carboxylic acid groups (broad SMARTS) is 1. The molecule has 2 amide bonds. The van der Waals surface area contributed by atoms with Crippen LogP contribution in [0.25, 0.3) is 0 Å². The molecule has 6 nitrogen and oxygen atoms in total. The van der Waals surface area contributed by atoms with Crippen LogP contribution in [0, 0.1) is 5.41 Å². The molecule has 0 saturated carbocycles. The lowest BCUT2D eigenvalue weighted by Gasteiger charge is -2.50. The number of amides is 2. The van der Waals surface area contributed by atoms with E-state index in [9.17, 15) is 14.7 Å². The first kappa shape index (κ1) is 21.7. The van der Waals surface area contributed by atoms with E-state index in [-0.39, 0.29) is 30.0 Å². The first-order valence-electron chi connectivity index (χ1n) is 10.3. The van der Waals surface area contributed by atoms with Gasteiger partial charge in [0.2, 0.25) is 0 Å². The third kappa shape index (κ3) is 5.12. The molecule has 0 aromatic heterocycles. The number of carbonyl (C=O) groups is 2. The van der Waals surface area contributed by atoms with Crippen LogP contribution in [-0.4, -0.2) is 40.8 Å². The molecule has 1 aliphatic heterocycles. The Morgan fingerprint density at radius 1 is 1.07 bits per heavy atom. The highest BCUT2D eigenvalue weighted by atomic mass is 16.5. The first-order chi connectivity index (χ1) is 14.3. The zero-order valence-corrected chi connectivity index (χ0v) is 17.7. The zero-order chi connectivity index (χ0) is 21.7. The van der Waals surface area contributed by atoms with Crippen LogP contribution in [0.1, 0.15) is 44.2 Å². The Kier molecular flexibility index (Phi) is 6.65. The average molecular weight is 411 g/mol. The van der Waals surface area contributed by atoms with Crippen molar-refractivity contribution in [2.24, 2.45) is 5.41 Å². The van der Waals surface area contributed by atoms with Gasteiger partial charge in [0.15, 0.2) is 0 Å². The van der Waals surface area contributed by atoms with Crippen molar-refractivity contribution in [1.29, 1.82) is 0 Å². The van der Waals surface area contributed by atoms with E-state index in [4.69, 9.17) is 4.74 Å². The predicted molar refractivity (Wildman–Crippen MR) is 115 cm³/mol. The van der Waals surface area contributed by atoms with Crippen LogP contribution in [0.3, 0.4) is 0 Å². The maximum Gasteiger partial charge on any atom is 0.407 e. The van der Waals surface area contributed by atoms with Gasteiger partial charge < -0.3 is 20.1 Å². The van der Waals surface area contributed by atoms with E-state index < -0.39 is 12.2 Å². The molecule has 0 radical (unpaired) electrons. The summed E-state index contributed by atoms with van der Waals surface area (Å²) >= 11 is 0. The van der Waals surface area contributed by atoms with Gasteiger partial charge in [-0.05, 0) is 23.0 Å². The van der Waals surface area contributed by atoms with Gasteiger partial charge in [-0.3, -0.25) is 0 Å². The van der Waals surface area contributed by atoms with Crippen LogP contribution >= 0.6 is 0 Å². The number of hydrogen-bond donors (Lipinski definition) is 2. The Balaban J connectivity index is 1.83. The van der Waals surface area contributed by atoms with E-state index in [0.717, 1.165) is 11.1 Å². The number of nitrogens with one attached hydrogen (secondary N) is 1. The highest BCUT2D eigenvalue weighted by Gasteiger charge is 2.47. The number of likely N-dealkylation sites (tertiary alicyclic amines) is 1. The predicted octanol–water partition coefficient (Wildman–Crippen LogP) is 4.86. The Labute approximate surface area is 177 Å². The van der Waals surface area contributed by atoms with Crippen molar-refractivity contribution < 1.29 is 19.4 Å². The normalized spacial score (nSPS) is 21.7. The first-order valence-corrected chi connectivity index (χ1v) is 10.3. The molecule has 2 aromatic rings. The SMILES string of the molecule is CC(C)(C)C1C(c2ccccc2)C(NC(=O)OCc2ccccc2)CCN1C(=O)O. The molecule has 3 atom stereocenters. The van der Waals surface area contributed by atoms with E-state index >= 15 is 0 Å². The fourth-order valence-electron chi connectivity index (χ4n) is 4.40. The molecule has 6 heteroatoms. The second kappa shape index (κ2) is 9.20. The van der Waals surface area contributed by atoms with Gasteiger partial charge in [-0.25, -0.2) is 9.59 Å². The summed E-state index contributed by atoms with van der Waals surface area (Å²) in [5.74, 6) is -0.180. The Hall–Kier alpha value is -3.02. The van der Waals surface area contributed by atoms with E-state index in [1.54, 1.807) is 0 Å². The molecule has 2 aromatic carbocycles. The topological polar surface area (TPSA) is 78.9 Å². The summed E-state index contributed by atoms with van der Waals surface area (Å²) in [5, 5.41) is 12.8. The molecule has 3 unspecified atom stereocenters. The summed E-state index contributed by atoms with van der Waals surface area (Å²) in [6.45, 7) is 6.68. The van der Waals surface area contributed by atoms with Crippen molar-refractivity contribution in [3.8, 4) is 0 Å². The van der Waals surface area contributed by atoms with Gasteiger partial charge in [-0.2, -0.15) is 0 Å². The molecule has 0 spiro atoms.